The lowest BCUT2D eigenvalue weighted by molar-refractivity contribution is 0.183. The summed E-state index contributed by atoms with van der Waals surface area (Å²) in [4.78, 5) is 0. The maximum Gasteiger partial charge on any atom is 0.158 e. The topological polar surface area (TPSA) is 37.3 Å². The zero-order valence-corrected chi connectivity index (χ0v) is 12.0. The van der Waals surface area contributed by atoms with Crippen LogP contribution in [0.2, 0.25) is 0 Å². The Morgan fingerprint density at radius 3 is 1.60 bits per heavy atom. The fourth-order valence-electron chi connectivity index (χ4n) is 2.71. The fraction of sp³-hybridized carbons (Fsp3) is 1.00. The lowest BCUT2D eigenvalue weighted by atomic mass is 9.72. The van der Waals surface area contributed by atoms with Gasteiger partial charge in [0.15, 0.2) is 11.1 Å². The van der Waals surface area contributed by atoms with E-state index in [1.807, 2.05) is 13.8 Å². The Labute approximate surface area is 97.1 Å². The van der Waals surface area contributed by atoms with Crippen molar-refractivity contribution in [3.8, 4) is 0 Å². The first-order valence-electron chi connectivity index (χ1n) is 5.47. The molecule has 15 heavy (non-hydrogen) atoms. The normalized spacial score (nSPS) is 16.5. The first-order chi connectivity index (χ1) is 6.36. The van der Waals surface area contributed by atoms with Gasteiger partial charge in [-0.2, -0.15) is 0 Å². The Hall–Kier alpha value is 0.110. The van der Waals surface area contributed by atoms with Crippen LogP contribution in [-0.2, 0) is 11.1 Å². The van der Waals surface area contributed by atoms with Crippen LogP contribution in [0.3, 0.4) is 0 Å². The fourth-order valence-corrected chi connectivity index (χ4v) is 3.23. The molecule has 0 fully saturated rings. The van der Waals surface area contributed by atoms with Crippen LogP contribution in [-0.4, -0.2) is 13.5 Å². The monoisotopic (exact) mass is 234 g/mol. The quantitative estimate of drug-likeness (QED) is 0.750. The van der Waals surface area contributed by atoms with Gasteiger partial charge in [0.25, 0.3) is 0 Å². The summed E-state index contributed by atoms with van der Waals surface area (Å²) in [7, 11) is 0. The van der Waals surface area contributed by atoms with Gasteiger partial charge in [0, 0.05) is 0 Å². The zero-order valence-electron chi connectivity index (χ0n) is 11.2. The summed E-state index contributed by atoms with van der Waals surface area (Å²) in [5, 5.41) is 0. The molecule has 0 spiro atoms. The summed E-state index contributed by atoms with van der Waals surface area (Å²) in [5.74, 6) is 0. The SMILES string of the molecule is CC(C)(C)CC(C)(C)CC(C)(C)S(=O)O. The molecule has 0 heterocycles. The average molecular weight is 234 g/mol. The predicted molar refractivity (Wildman–Crippen MR) is 67.3 cm³/mol. The average Bonchev–Trinajstić information content (AvgIpc) is 1.75. The maximum absolute atomic E-state index is 11.2. The van der Waals surface area contributed by atoms with E-state index in [9.17, 15) is 8.76 Å². The van der Waals surface area contributed by atoms with Crippen molar-refractivity contribution >= 4 is 11.1 Å². The Morgan fingerprint density at radius 1 is 0.933 bits per heavy atom. The van der Waals surface area contributed by atoms with E-state index in [2.05, 4.69) is 34.6 Å². The first kappa shape index (κ1) is 15.1. The van der Waals surface area contributed by atoms with Crippen molar-refractivity contribution in [3.05, 3.63) is 0 Å². The van der Waals surface area contributed by atoms with Gasteiger partial charge in [-0.1, -0.05) is 34.6 Å². The third kappa shape index (κ3) is 6.31. The second-order valence-corrected chi connectivity index (χ2v) is 8.69. The minimum absolute atomic E-state index is 0.0974. The van der Waals surface area contributed by atoms with Crippen LogP contribution in [0.25, 0.3) is 0 Å². The van der Waals surface area contributed by atoms with E-state index < -0.39 is 15.8 Å². The van der Waals surface area contributed by atoms with Crippen molar-refractivity contribution < 1.29 is 8.76 Å². The van der Waals surface area contributed by atoms with Crippen molar-refractivity contribution in [2.75, 3.05) is 0 Å². The second kappa shape index (κ2) is 4.54. The molecule has 92 valence electrons. The summed E-state index contributed by atoms with van der Waals surface area (Å²) < 4.78 is 19.9. The summed E-state index contributed by atoms with van der Waals surface area (Å²) in [6.07, 6.45) is 1.82. The minimum atomic E-state index is -1.75. The largest absolute Gasteiger partial charge is 0.306 e. The van der Waals surface area contributed by atoms with E-state index in [1.165, 1.54) is 0 Å². The molecular formula is C12H26O2S. The Balaban J connectivity index is 4.58. The van der Waals surface area contributed by atoms with Gasteiger partial charge < -0.3 is 4.55 Å². The van der Waals surface area contributed by atoms with Crippen molar-refractivity contribution in [2.24, 2.45) is 10.8 Å². The van der Waals surface area contributed by atoms with Crippen molar-refractivity contribution in [3.63, 3.8) is 0 Å². The van der Waals surface area contributed by atoms with Crippen LogP contribution in [0.1, 0.15) is 61.3 Å². The summed E-state index contributed by atoms with van der Waals surface area (Å²) >= 11 is -1.75. The number of hydrogen-bond donors (Lipinski definition) is 1. The van der Waals surface area contributed by atoms with E-state index in [0.29, 0.717) is 0 Å². The van der Waals surface area contributed by atoms with Crippen molar-refractivity contribution in [1.82, 2.24) is 0 Å². The van der Waals surface area contributed by atoms with Gasteiger partial charge in [0.05, 0.1) is 4.75 Å². The molecule has 1 N–H and O–H groups in total. The highest BCUT2D eigenvalue weighted by atomic mass is 32.2. The molecule has 0 aliphatic rings. The Morgan fingerprint density at radius 2 is 1.33 bits per heavy atom. The highest BCUT2D eigenvalue weighted by molar-refractivity contribution is 7.80. The van der Waals surface area contributed by atoms with E-state index in [0.717, 1.165) is 12.8 Å². The van der Waals surface area contributed by atoms with Gasteiger partial charge in [-0.3, -0.25) is 0 Å². The molecule has 1 atom stereocenters. The van der Waals surface area contributed by atoms with Crippen LogP contribution in [0.4, 0.5) is 0 Å². The first-order valence-corrected chi connectivity index (χ1v) is 6.57. The molecule has 0 bridgehead atoms. The Bertz CT molecular complexity index is 236. The van der Waals surface area contributed by atoms with E-state index in [4.69, 9.17) is 0 Å². The molecule has 0 saturated heterocycles. The maximum atomic E-state index is 11.2. The van der Waals surface area contributed by atoms with E-state index >= 15 is 0 Å². The molecule has 0 aromatic rings. The van der Waals surface area contributed by atoms with Crippen LogP contribution in [0.5, 0.6) is 0 Å². The van der Waals surface area contributed by atoms with E-state index in [-0.39, 0.29) is 10.8 Å². The molecule has 0 amide bonds. The summed E-state index contributed by atoms with van der Waals surface area (Å²) in [5.41, 5.74) is 0.358. The minimum Gasteiger partial charge on any atom is -0.306 e. The standard InChI is InChI=1S/C12H26O2S/c1-10(2,3)8-11(4,5)9-12(6,7)15(13)14/h8-9H2,1-7H3,(H,13,14). The molecule has 2 nitrogen and oxygen atoms in total. The molecule has 0 saturated carbocycles. The lowest BCUT2D eigenvalue weighted by Gasteiger charge is -2.37. The highest BCUT2D eigenvalue weighted by Gasteiger charge is 2.35. The third-order valence-electron chi connectivity index (χ3n) is 2.39. The zero-order chi connectivity index (χ0) is 12.5. The molecular weight excluding hydrogens is 208 g/mol. The van der Waals surface area contributed by atoms with E-state index in [1.54, 1.807) is 0 Å². The van der Waals surface area contributed by atoms with Crippen LogP contribution < -0.4 is 0 Å². The molecule has 3 heteroatoms. The predicted octanol–water partition coefficient (Wildman–Crippen LogP) is 3.84. The van der Waals surface area contributed by atoms with Crippen LogP contribution >= 0.6 is 0 Å². The molecule has 0 aromatic carbocycles. The van der Waals surface area contributed by atoms with Gasteiger partial charge in [0.2, 0.25) is 0 Å². The third-order valence-corrected chi connectivity index (χ3v) is 3.48. The van der Waals surface area contributed by atoms with Crippen molar-refractivity contribution in [2.45, 2.75) is 66.1 Å². The molecule has 0 aromatic heterocycles. The molecule has 0 rings (SSSR count). The van der Waals surface area contributed by atoms with Gasteiger partial charge in [-0.15, -0.1) is 0 Å². The molecule has 0 aliphatic carbocycles. The lowest BCUT2D eigenvalue weighted by Crippen LogP contribution is -2.34. The number of hydrogen-bond acceptors (Lipinski definition) is 1. The second-order valence-electron chi connectivity index (χ2n) is 7.09. The van der Waals surface area contributed by atoms with Crippen molar-refractivity contribution in [1.29, 1.82) is 0 Å². The molecule has 1 unspecified atom stereocenters. The number of rotatable bonds is 4. The van der Waals surface area contributed by atoms with Gasteiger partial charge in [-0.25, -0.2) is 4.21 Å². The van der Waals surface area contributed by atoms with Crippen LogP contribution in [0, 0.1) is 10.8 Å². The smallest absolute Gasteiger partial charge is 0.158 e. The van der Waals surface area contributed by atoms with Gasteiger partial charge in [-0.05, 0) is 37.5 Å². The summed E-state index contributed by atoms with van der Waals surface area (Å²) in [6, 6.07) is 0. The molecule has 0 aliphatic heterocycles. The molecule has 0 radical (unpaired) electrons. The van der Waals surface area contributed by atoms with Gasteiger partial charge >= 0.3 is 0 Å². The van der Waals surface area contributed by atoms with Gasteiger partial charge in [0.1, 0.15) is 0 Å². The highest BCUT2D eigenvalue weighted by Crippen LogP contribution is 2.40. The summed E-state index contributed by atoms with van der Waals surface area (Å²) in [6.45, 7) is 14.7. The Kier molecular flexibility index (Phi) is 4.57. The van der Waals surface area contributed by atoms with Crippen LogP contribution in [0.15, 0.2) is 0 Å².